The third kappa shape index (κ3) is 1.63. The van der Waals surface area contributed by atoms with E-state index < -0.39 is 0 Å². The fraction of sp³-hybridized carbons (Fsp3) is 0.944. The zero-order valence-electron chi connectivity index (χ0n) is 13.1. The van der Waals surface area contributed by atoms with Crippen molar-refractivity contribution in [2.45, 2.75) is 58.8 Å². The van der Waals surface area contributed by atoms with Gasteiger partial charge in [0.15, 0.2) is 0 Å². The number of Topliss-reactive ketones (excluding diaryl/α,β-unsaturated/α-hetero) is 1. The molecular weight excluding hydrogens is 246 g/mol. The minimum absolute atomic E-state index is 0.301. The molecule has 4 rings (SSSR count). The van der Waals surface area contributed by atoms with Crippen molar-refractivity contribution in [2.24, 2.45) is 34.5 Å². The Bertz CT molecular complexity index is 433. The van der Waals surface area contributed by atoms with E-state index in [1.807, 2.05) is 0 Å². The highest BCUT2D eigenvalue weighted by Crippen LogP contribution is 2.63. The van der Waals surface area contributed by atoms with Crippen LogP contribution < -0.4 is 5.32 Å². The lowest BCUT2D eigenvalue weighted by Gasteiger charge is -2.58. The van der Waals surface area contributed by atoms with Gasteiger partial charge in [-0.1, -0.05) is 20.3 Å². The lowest BCUT2D eigenvalue weighted by atomic mass is 9.46. The summed E-state index contributed by atoms with van der Waals surface area (Å²) < 4.78 is 0. The van der Waals surface area contributed by atoms with Crippen molar-refractivity contribution in [3.8, 4) is 0 Å². The van der Waals surface area contributed by atoms with Gasteiger partial charge >= 0.3 is 0 Å². The van der Waals surface area contributed by atoms with Crippen LogP contribution in [-0.4, -0.2) is 18.9 Å². The van der Waals surface area contributed by atoms with Crippen LogP contribution in [0.2, 0.25) is 0 Å². The Labute approximate surface area is 123 Å². The van der Waals surface area contributed by atoms with Crippen LogP contribution in [0, 0.1) is 34.5 Å². The molecule has 0 radical (unpaired) electrons. The third-order valence-corrected chi connectivity index (χ3v) is 7.75. The molecule has 1 unspecified atom stereocenters. The second-order valence-corrected chi connectivity index (χ2v) is 8.67. The summed E-state index contributed by atoms with van der Waals surface area (Å²) >= 11 is 0. The standard InChI is InChI=1S/C18H29NO/c1-17-7-3-4-14(17)13-6-5-12-11-19-9-8-18(12,2)16(13)15(20)10-17/h12-14,16,19H,3-11H2,1-2H3/t12?,13-,14-,16+,17-,18-/m0/s1. The fourth-order valence-electron chi connectivity index (χ4n) is 6.72. The molecule has 3 aliphatic carbocycles. The zero-order chi connectivity index (χ0) is 14.0. The average Bonchev–Trinajstić information content (AvgIpc) is 2.78. The molecule has 3 saturated carbocycles. The first-order valence-electron chi connectivity index (χ1n) is 8.78. The Morgan fingerprint density at radius 1 is 1.15 bits per heavy atom. The molecule has 0 aromatic heterocycles. The van der Waals surface area contributed by atoms with Crippen LogP contribution in [-0.2, 0) is 4.79 Å². The van der Waals surface area contributed by atoms with Crippen molar-refractivity contribution in [2.75, 3.05) is 13.1 Å². The van der Waals surface area contributed by atoms with Gasteiger partial charge in [0.05, 0.1) is 0 Å². The molecule has 1 N–H and O–H groups in total. The molecule has 6 atom stereocenters. The van der Waals surface area contributed by atoms with Crippen molar-refractivity contribution in [1.82, 2.24) is 5.32 Å². The van der Waals surface area contributed by atoms with Crippen LogP contribution >= 0.6 is 0 Å². The summed E-state index contributed by atoms with van der Waals surface area (Å²) in [4.78, 5) is 13.0. The minimum Gasteiger partial charge on any atom is -0.316 e. The summed E-state index contributed by atoms with van der Waals surface area (Å²) in [6.07, 6.45) is 8.82. The van der Waals surface area contributed by atoms with Crippen LogP contribution in [0.4, 0.5) is 0 Å². The number of piperidine rings is 1. The highest BCUT2D eigenvalue weighted by atomic mass is 16.1. The van der Waals surface area contributed by atoms with Gasteiger partial charge in [-0.25, -0.2) is 0 Å². The molecule has 4 fully saturated rings. The summed E-state index contributed by atoms with van der Waals surface area (Å²) in [5.41, 5.74) is 0.656. The average molecular weight is 275 g/mol. The lowest BCUT2D eigenvalue weighted by Crippen LogP contribution is -2.59. The Kier molecular flexibility index (Phi) is 2.87. The van der Waals surface area contributed by atoms with Gasteiger partial charge in [0, 0.05) is 12.3 Å². The lowest BCUT2D eigenvalue weighted by molar-refractivity contribution is -0.153. The van der Waals surface area contributed by atoms with Crippen molar-refractivity contribution < 1.29 is 4.79 Å². The van der Waals surface area contributed by atoms with Crippen LogP contribution in [0.15, 0.2) is 0 Å². The third-order valence-electron chi connectivity index (χ3n) is 7.75. The van der Waals surface area contributed by atoms with Crippen molar-refractivity contribution in [3.63, 3.8) is 0 Å². The fourth-order valence-corrected chi connectivity index (χ4v) is 6.72. The molecule has 112 valence electrons. The molecular formula is C18H29NO. The maximum absolute atomic E-state index is 13.0. The van der Waals surface area contributed by atoms with E-state index >= 15 is 0 Å². The smallest absolute Gasteiger partial charge is 0.137 e. The van der Waals surface area contributed by atoms with Gasteiger partial charge in [-0.2, -0.15) is 0 Å². The zero-order valence-corrected chi connectivity index (χ0v) is 13.1. The molecule has 0 aromatic rings. The van der Waals surface area contributed by atoms with Crippen molar-refractivity contribution in [3.05, 3.63) is 0 Å². The molecule has 2 nitrogen and oxygen atoms in total. The van der Waals surface area contributed by atoms with E-state index in [-0.39, 0.29) is 0 Å². The van der Waals surface area contributed by atoms with E-state index in [2.05, 4.69) is 19.2 Å². The number of fused-ring (bicyclic) bond motifs is 5. The molecule has 1 heterocycles. The number of carbonyl (C=O) groups excluding carboxylic acids is 1. The van der Waals surface area contributed by atoms with Crippen LogP contribution in [0.1, 0.15) is 58.8 Å². The molecule has 0 bridgehead atoms. The number of ketones is 1. The molecule has 0 spiro atoms. The number of nitrogens with one attached hydrogen (secondary N) is 1. The maximum atomic E-state index is 13.0. The molecule has 0 amide bonds. The second kappa shape index (κ2) is 4.32. The number of carbonyl (C=O) groups is 1. The van der Waals surface area contributed by atoms with Gasteiger partial charge in [-0.05, 0) is 73.8 Å². The first kappa shape index (κ1) is 13.3. The van der Waals surface area contributed by atoms with E-state index in [0.717, 1.165) is 31.3 Å². The van der Waals surface area contributed by atoms with Crippen molar-refractivity contribution >= 4 is 5.78 Å². The van der Waals surface area contributed by atoms with Gasteiger partial charge in [0.2, 0.25) is 0 Å². The van der Waals surface area contributed by atoms with Crippen molar-refractivity contribution in [1.29, 1.82) is 0 Å². The first-order chi connectivity index (χ1) is 9.55. The monoisotopic (exact) mass is 275 g/mol. The minimum atomic E-state index is 0.301. The van der Waals surface area contributed by atoms with E-state index in [0.29, 0.717) is 28.4 Å². The summed E-state index contributed by atoms with van der Waals surface area (Å²) in [6, 6.07) is 0. The molecule has 4 aliphatic rings. The summed E-state index contributed by atoms with van der Waals surface area (Å²) in [6.45, 7) is 7.13. The summed E-state index contributed by atoms with van der Waals surface area (Å²) in [5, 5.41) is 3.56. The van der Waals surface area contributed by atoms with Gasteiger partial charge in [0.1, 0.15) is 5.78 Å². The molecule has 0 aromatic carbocycles. The van der Waals surface area contributed by atoms with Gasteiger partial charge in [-0.15, -0.1) is 0 Å². The van der Waals surface area contributed by atoms with Gasteiger partial charge in [0.25, 0.3) is 0 Å². The van der Waals surface area contributed by atoms with Crippen LogP contribution in [0.3, 0.4) is 0 Å². The largest absolute Gasteiger partial charge is 0.316 e. The highest BCUT2D eigenvalue weighted by Gasteiger charge is 2.60. The predicted octanol–water partition coefficient (Wildman–Crippen LogP) is 3.41. The van der Waals surface area contributed by atoms with Gasteiger partial charge in [-0.3, -0.25) is 4.79 Å². The predicted molar refractivity (Wildman–Crippen MR) is 80.4 cm³/mol. The van der Waals surface area contributed by atoms with E-state index in [4.69, 9.17) is 0 Å². The van der Waals surface area contributed by atoms with Crippen LogP contribution in [0.5, 0.6) is 0 Å². The molecule has 1 saturated heterocycles. The SMILES string of the molecule is C[C@@]12CCC[C@H]1[C@@H]1CCC3CNCC[C@]3(C)[C@H]1C(=O)C2. The normalized spacial score (nSPS) is 55.0. The Morgan fingerprint density at radius 3 is 2.85 bits per heavy atom. The van der Waals surface area contributed by atoms with E-state index in [9.17, 15) is 4.79 Å². The summed E-state index contributed by atoms with van der Waals surface area (Å²) in [7, 11) is 0. The quantitative estimate of drug-likeness (QED) is 0.734. The van der Waals surface area contributed by atoms with E-state index in [1.165, 1.54) is 38.5 Å². The van der Waals surface area contributed by atoms with Gasteiger partial charge < -0.3 is 5.32 Å². The maximum Gasteiger partial charge on any atom is 0.137 e. The second-order valence-electron chi connectivity index (χ2n) is 8.67. The number of rotatable bonds is 0. The Morgan fingerprint density at radius 2 is 2.00 bits per heavy atom. The molecule has 2 heteroatoms. The Hall–Kier alpha value is -0.370. The molecule has 20 heavy (non-hydrogen) atoms. The number of hydrogen-bond donors (Lipinski definition) is 1. The molecule has 1 aliphatic heterocycles. The Balaban J connectivity index is 1.71. The highest BCUT2D eigenvalue weighted by molar-refractivity contribution is 5.84. The summed E-state index contributed by atoms with van der Waals surface area (Å²) in [5.74, 6) is 3.32. The van der Waals surface area contributed by atoms with E-state index in [1.54, 1.807) is 0 Å². The topological polar surface area (TPSA) is 29.1 Å². The number of hydrogen-bond acceptors (Lipinski definition) is 2. The first-order valence-corrected chi connectivity index (χ1v) is 8.78. The van der Waals surface area contributed by atoms with Crippen LogP contribution in [0.25, 0.3) is 0 Å².